The van der Waals surface area contributed by atoms with Gasteiger partial charge in [-0.25, -0.2) is 0 Å². The lowest BCUT2D eigenvalue weighted by molar-refractivity contribution is 1.33. The zero-order valence-corrected chi connectivity index (χ0v) is 9.12. The highest BCUT2D eigenvalue weighted by Gasteiger charge is 2.04. The number of pyridine rings is 1. The second-order valence-electron chi connectivity index (χ2n) is 3.46. The molecule has 0 amide bonds. The Morgan fingerprint density at radius 1 is 1.19 bits per heavy atom. The maximum Gasteiger partial charge on any atom is 0.265 e. The summed E-state index contributed by atoms with van der Waals surface area (Å²) in [7, 11) is 0. The Morgan fingerprint density at radius 2 is 2.12 bits per heavy atom. The van der Waals surface area contributed by atoms with E-state index in [1.807, 2.05) is 36.4 Å². The highest BCUT2D eigenvalue weighted by Crippen LogP contribution is 2.22. The lowest BCUT2D eigenvalue weighted by atomic mass is 10.1. The summed E-state index contributed by atoms with van der Waals surface area (Å²) < 4.78 is 3.69. The molecule has 0 fully saturated rings. The van der Waals surface area contributed by atoms with Gasteiger partial charge in [0.2, 0.25) is 0 Å². The molecule has 1 N–H and O–H groups in total. The maximum atomic E-state index is 11.4. The highest BCUT2D eigenvalue weighted by atomic mass is 32.1. The molecule has 2 heterocycles. The summed E-state index contributed by atoms with van der Waals surface area (Å²) in [5.41, 5.74) is 1.93. The third-order valence-corrected chi connectivity index (χ3v) is 3.29. The van der Waals surface area contributed by atoms with E-state index in [1.54, 1.807) is 6.20 Å². The average Bonchev–Trinajstić information content (AvgIpc) is 2.72. The van der Waals surface area contributed by atoms with Crippen molar-refractivity contribution in [1.29, 1.82) is 0 Å². The molecule has 2 aromatic heterocycles. The fourth-order valence-electron chi connectivity index (χ4n) is 1.64. The smallest absolute Gasteiger partial charge is 0.265 e. The van der Waals surface area contributed by atoms with Crippen molar-refractivity contribution in [3.8, 4) is 11.3 Å². The van der Waals surface area contributed by atoms with Crippen LogP contribution in [-0.4, -0.2) is 9.36 Å². The number of hydrogen-bond donors (Lipinski definition) is 1. The predicted octanol–water partition coefficient (Wildman–Crippen LogP) is 2.65. The van der Waals surface area contributed by atoms with Crippen LogP contribution in [0.5, 0.6) is 0 Å². The third kappa shape index (κ3) is 1.44. The largest absolute Gasteiger partial charge is 0.277 e. The number of benzene rings is 1. The fraction of sp³-hybridized carbons (Fsp3) is 0. The van der Waals surface area contributed by atoms with Gasteiger partial charge in [-0.3, -0.25) is 14.2 Å². The first-order chi connectivity index (χ1) is 7.84. The van der Waals surface area contributed by atoms with E-state index in [9.17, 15) is 4.79 Å². The van der Waals surface area contributed by atoms with E-state index in [0.717, 1.165) is 21.3 Å². The molecule has 3 aromatic rings. The molecule has 0 aliphatic rings. The molecule has 16 heavy (non-hydrogen) atoms. The summed E-state index contributed by atoms with van der Waals surface area (Å²) in [5.74, 6) is 0. The molecule has 0 spiro atoms. The average molecular weight is 228 g/mol. The van der Waals surface area contributed by atoms with E-state index in [-0.39, 0.29) is 5.56 Å². The van der Waals surface area contributed by atoms with E-state index in [4.69, 9.17) is 0 Å². The zero-order valence-electron chi connectivity index (χ0n) is 8.31. The van der Waals surface area contributed by atoms with Crippen molar-refractivity contribution in [3.63, 3.8) is 0 Å². The zero-order chi connectivity index (χ0) is 11.0. The number of rotatable bonds is 1. The summed E-state index contributed by atoms with van der Waals surface area (Å²) in [6.07, 6.45) is 1.76. The molecule has 0 bridgehead atoms. The molecule has 0 aliphatic carbocycles. The highest BCUT2D eigenvalue weighted by molar-refractivity contribution is 7.13. The lowest BCUT2D eigenvalue weighted by Gasteiger charge is -1.99. The summed E-state index contributed by atoms with van der Waals surface area (Å²) in [4.78, 5) is 15.6. The van der Waals surface area contributed by atoms with Gasteiger partial charge in [-0.15, -0.1) is 0 Å². The molecule has 1 aromatic carbocycles. The van der Waals surface area contributed by atoms with Gasteiger partial charge in [0.25, 0.3) is 5.56 Å². The second-order valence-corrected chi connectivity index (χ2v) is 4.31. The predicted molar refractivity (Wildman–Crippen MR) is 65.7 cm³/mol. The van der Waals surface area contributed by atoms with Gasteiger partial charge >= 0.3 is 0 Å². The van der Waals surface area contributed by atoms with Crippen LogP contribution in [0.4, 0.5) is 0 Å². The van der Waals surface area contributed by atoms with Crippen LogP contribution in [0, 0.1) is 0 Å². The first kappa shape index (κ1) is 9.30. The standard InChI is InChI=1S/C12H8N2OS/c15-12-9-5-4-8(7-11(9)16-14-12)10-3-1-2-6-13-10/h1-7H,(H,14,15). The molecule has 0 aliphatic heterocycles. The Morgan fingerprint density at radius 3 is 2.94 bits per heavy atom. The summed E-state index contributed by atoms with van der Waals surface area (Å²) in [6.45, 7) is 0. The van der Waals surface area contributed by atoms with Crippen LogP contribution in [0.25, 0.3) is 21.3 Å². The molecule has 3 rings (SSSR count). The molecular weight excluding hydrogens is 220 g/mol. The quantitative estimate of drug-likeness (QED) is 0.696. The Kier molecular flexibility index (Phi) is 2.08. The maximum absolute atomic E-state index is 11.4. The van der Waals surface area contributed by atoms with Crippen LogP contribution in [0.3, 0.4) is 0 Å². The van der Waals surface area contributed by atoms with Gasteiger partial charge in [0.1, 0.15) is 0 Å². The number of fused-ring (bicyclic) bond motifs is 1. The molecule has 0 atom stereocenters. The first-order valence-corrected chi connectivity index (χ1v) is 5.69. The number of nitrogens with zero attached hydrogens (tertiary/aromatic N) is 1. The molecule has 4 heteroatoms. The van der Waals surface area contributed by atoms with E-state index < -0.39 is 0 Å². The Hall–Kier alpha value is -1.94. The number of aromatic nitrogens is 2. The monoisotopic (exact) mass is 228 g/mol. The van der Waals surface area contributed by atoms with Crippen molar-refractivity contribution in [3.05, 3.63) is 52.9 Å². The van der Waals surface area contributed by atoms with Gasteiger partial charge in [-0.2, -0.15) is 0 Å². The van der Waals surface area contributed by atoms with Gasteiger partial charge in [-0.1, -0.05) is 23.7 Å². The van der Waals surface area contributed by atoms with Crippen molar-refractivity contribution in [1.82, 2.24) is 9.36 Å². The SMILES string of the molecule is O=c1[nH]sc2cc(-c3ccccn3)ccc12. The van der Waals surface area contributed by atoms with Crippen molar-refractivity contribution < 1.29 is 0 Å². The topological polar surface area (TPSA) is 45.8 Å². The number of aromatic amines is 1. The Bertz CT molecular complexity index is 685. The minimum atomic E-state index is -0.0208. The van der Waals surface area contributed by atoms with Crippen LogP contribution < -0.4 is 5.56 Å². The Balaban J connectivity index is 2.23. The van der Waals surface area contributed by atoms with Gasteiger partial charge < -0.3 is 0 Å². The molecule has 0 saturated carbocycles. The van der Waals surface area contributed by atoms with Crippen molar-refractivity contribution >= 4 is 21.6 Å². The summed E-state index contributed by atoms with van der Waals surface area (Å²) in [6, 6.07) is 11.5. The van der Waals surface area contributed by atoms with Crippen LogP contribution in [0.15, 0.2) is 47.4 Å². The number of nitrogens with one attached hydrogen (secondary N) is 1. The molecular formula is C12H8N2OS. The lowest BCUT2D eigenvalue weighted by Crippen LogP contribution is -1.95. The van der Waals surface area contributed by atoms with Crippen molar-refractivity contribution in [2.75, 3.05) is 0 Å². The van der Waals surface area contributed by atoms with Crippen molar-refractivity contribution in [2.45, 2.75) is 0 Å². The Labute approximate surface area is 95.6 Å². The minimum Gasteiger partial charge on any atom is -0.277 e. The summed E-state index contributed by atoms with van der Waals surface area (Å²) >= 11 is 1.36. The van der Waals surface area contributed by atoms with Crippen LogP contribution in [0.2, 0.25) is 0 Å². The number of hydrogen-bond acceptors (Lipinski definition) is 3. The normalized spacial score (nSPS) is 10.8. The van der Waals surface area contributed by atoms with Gasteiger partial charge in [-0.05, 0) is 24.3 Å². The van der Waals surface area contributed by atoms with E-state index in [1.165, 1.54) is 11.5 Å². The summed E-state index contributed by atoms with van der Waals surface area (Å²) in [5, 5.41) is 0.740. The first-order valence-electron chi connectivity index (χ1n) is 4.87. The minimum absolute atomic E-state index is 0.0208. The third-order valence-electron chi connectivity index (χ3n) is 2.44. The fourth-order valence-corrected chi connectivity index (χ4v) is 2.41. The van der Waals surface area contributed by atoms with Crippen LogP contribution >= 0.6 is 11.5 Å². The van der Waals surface area contributed by atoms with Gasteiger partial charge in [0, 0.05) is 11.8 Å². The molecule has 0 unspecified atom stereocenters. The molecule has 0 radical (unpaired) electrons. The molecule has 78 valence electrons. The number of H-pyrrole nitrogens is 1. The van der Waals surface area contributed by atoms with Crippen LogP contribution in [-0.2, 0) is 0 Å². The van der Waals surface area contributed by atoms with Crippen molar-refractivity contribution in [2.24, 2.45) is 0 Å². The molecule has 0 saturated heterocycles. The van der Waals surface area contributed by atoms with E-state index >= 15 is 0 Å². The van der Waals surface area contributed by atoms with Crippen LogP contribution in [0.1, 0.15) is 0 Å². The van der Waals surface area contributed by atoms with E-state index in [0.29, 0.717) is 0 Å². The van der Waals surface area contributed by atoms with Gasteiger partial charge in [0.05, 0.1) is 15.8 Å². The molecule has 3 nitrogen and oxygen atoms in total. The van der Waals surface area contributed by atoms with E-state index in [2.05, 4.69) is 9.36 Å². The van der Waals surface area contributed by atoms with Gasteiger partial charge in [0.15, 0.2) is 0 Å². The second kappa shape index (κ2) is 3.57.